The monoisotopic (exact) mass is 187 g/mol. The van der Waals surface area contributed by atoms with E-state index in [1.54, 1.807) is 0 Å². The van der Waals surface area contributed by atoms with Crippen molar-refractivity contribution in [1.82, 2.24) is 0 Å². The zero-order valence-corrected chi connectivity index (χ0v) is 8.62. The van der Waals surface area contributed by atoms with E-state index in [2.05, 4.69) is 13.8 Å². The highest BCUT2D eigenvalue weighted by Gasteiger charge is 2.14. The van der Waals surface area contributed by atoms with Crippen LogP contribution >= 0.6 is 0 Å². The van der Waals surface area contributed by atoms with E-state index in [4.69, 9.17) is 10.8 Å². The van der Waals surface area contributed by atoms with E-state index in [0.29, 0.717) is 12.5 Å². The molecule has 0 saturated carbocycles. The molecule has 13 heavy (non-hydrogen) atoms. The smallest absolute Gasteiger partial charge is 0.303 e. The van der Waals surface area contributed by atoms with Gasteiger partial charge in [-0.1, -0.05) is 26.7 Å². The Labute approximate surface area is 80.3 Å². The molecule has 1 unspecified atom stereocenters. The van der Waals surface area contributed by atoms with Gasteiger partial charge >= 0.3 is 5.97 Å². The maximum absolute atomic E-state index is 10.5. The third kappa shape index (κ3) is 6.58. The fourth-order valence-electron chi connectivity index (χ4n) is 1.69. The predicted molar refractivity (Wildman–Crippen MR) is 53.5 cm³/mol. The molecular weight excluding hydrogens is 166 g/mol. The number of nitrogens with two attached hydrogens (primary N) is 1. The molecule has 0 amide bonds. The van der Waals surface area contributed by atoms with Crippen molar-refractivity contribution < 1.29 is 9.90 Å². The molecule has 0 rings (SSSR count). The molecule has 3 nitrogen and oxygen atoms in total. The number of carboxylic acids is 1. The number of rotatable bonds is 7. The number of carbonyl (C=O) groups is 1. The second kappa shape index (κ2) is 6.89. The van der Waals surface area contributed by atoms with Crippen LogP contribution in [0.2, 0.25) is 0 Å². The molecule has 2 atom stereocenters. The summed E-state index contributed by atoms with van der Waals surface area (Å²) in [5.41, 5.74) is 5.50. The first-order valence-corrected chi connectivity index (χ1v) is 5.02. The van der Waals surface area contributed by atoms with Crippen LogP contribution in [-0.4, -0.2) is 17.6 Å². The fraction of sp³-hybridized carbons (Fsp3) is 0.900. The maximum Gasteiger partial charge on any atom is 0.303 e. The van der Waals surface area contributed by atoms with Crippen LogP contribution in [0.4, 0.5) is 0 Å². The van der Waals surface area contributed by atoms with Crippen LogP contribution < -0.4 is 5.73 Å². The minimum Gasteiger partial charge on any atom is -0.481 e. The molecule has 0 aromatic rings. The summed E-state index contributed by atoms with van der Waals surface area (Å²) in [6, 6.07) is 0. The third-order valence-electron chi connectivity index (χ3n) is 2.31. The Morgan fingerprint density at radius 1 is 1.54 bits per heavy atom. The summed E-state index contributed by atoms with van der Waals surface area (Å²) >= 11 is 0. The SMILES string of the molecule is CCCC(C)C[C@H](CN)CC(=O)O. The second-order valence-electron chi connectivity index (χ2n) is 3.83. The van der Waals surface area contributed by atoms with Gasteiger partial charge in [0.1, 0.15) is 0 Å². The highest BCUT2D eigenvalue weighted by Crippen LogP contribution is 2.18. The van der Waals surface area contributed by atoms with Gasteiger partial charge in [-0.15, -0.1) is 0 Å². The van der Waals surface area contributed by atoms with Crippen LogP contribution in [0.25, 0.3) is 0 Å². The number of hydrogen-bond donors (Lipinski definition) is 2. The van der Waals surface area contributed by atoms with Crippen molar-refractivity contribution in [3.05, 3.63) is 0 Å². The predicted octanol–water partition coefficient (Wildman–Crippen LogP) is 1.86. The summed E-state index contributed by atoms with van der Waals surface area (Å²) in [6.45, 7) is 4.79. The number of hydrogen-bond acceptors (Lipinski definition) is 2. The van der Waals surface area contributed by atoms with Crippen molar-refractivity contribution in [3.63, 3.8) is 0 Å². The molecule has 0 aromatic heterocycles. The van der Waals surface area contributed by atoms with E-state index in [9.17, 15) is 4.79 Å². The molecule has 0 aliphatic rings. The lowest BCUT2D eigenvalue weighted by Gasteiger charge is -2.17. The van der Waals surface area contributed by atoms with E-state index in [0.717, 1.165) is 19.3 Å². The first-order valence-electron chi connectivity index (χ1n) is 5.02. The summed E-state index contributed by atoms with van der Waals surface area (Å²) < 4.78 is 0. The molecule has 0 spiro atoms. The largest absolute Gasteiger partial charge is 0.481 e. The lowest BCUT2D eigenvalue weighted by Crippen LogP contribution is -2.20. The molecule has 0 heterocycles. The van der Waals surface area contributed by atoms with Crippen LogP contribution in [0.3, 0.4) is 0 Å². The van der Waals surface area contributed by atoms with E-state index in [1.807, 2.05) is 0 Å². The van der Waals surface area contributed by atoms with E-state index < -0.39 is 5.97 Å². The highest BCUT2D eigenvalue weighted by atomic mass is 16.4. The lowest BCUT2D eigenvalue weighted by atomic mass is 9.90. The zero-order chi connectivity index (χ0) is 10.3. The minimum absolute atomic E-state index is 0.152. The Balaban J connectivity index is 3.75. The molecule has 0 bridgehead atoms. The van der Waals surface area contributed by atoms with Crippen LogP contribution in [0.15, 0.2) is 0 Å². The average molecular weight is 187 g/mol. The molecule has 78 valence electrons. The number of aliphatic carboxylic acids is 1. The summed E-state index contributed by atoms with van der Waals surface area (Å²) in [5, 5.41) is 8.60. The van der Waals surface area contributed by atoms with Gasteiger partial charge in [-0.05, 0) is 24.8 Å². The van der Waals surface area contributed by atoms with E-state index in [1.165, 1.54) is 0 Å². The maximum atomic E-state index is 10.5. The Bertz CT molecular complexity index is 148. The number of carboxylic acid groups (broad SMARTS) is 1. The van der Waals surface area contributed by atoms with Crippen molar-refractivity contribution in [2.24, 2.45) is 17.6 Å². The van der Waals surface area contributed by atoms with Crippen LogP contribution in [0.5, 0.6) is 0 Å². The summed E-state index contributed by atoms with van der Waals surface area (Å²) in [5.74, 6) is 0.0103. The van der Waals surface area contributed by atoms with Gasteiger partial charge in [0, 0.05) is 6.42 Å². The zero-order valence-electron chi connectivity index (χ0n) is 8.62. The van der Waals surface area contributed by atoms with Crippen molar-refractivity contribution >= 4 is 5.97 Å². The van der Waals surface area contributed by atoms with Gasteiger partial charge in [-0.2, -0.15) is 0 Å². The Hall–Kier alpha value is -0.570. The Morgan fingerprint density at radius 2 is 2.15 bits per heavy atom. The third-order valence-corrected chi connectivity index (χ3v) is 2.31. The Kier molecular flexibility index (Phi) is 6.59. The van der Waals surface area contributed by atoms with Gasteiger partial charge in [0.2, 0.25) is 0 Å². The van der Waals surface area contributed by atoms with Crippen molar-refractivity contribution in [2.75, 3.05) is 6.54 Å². The average Bonchev–Trinajstić information content (AvgIpc) is 2.02. The van der Waals surface area contributed by atoms with Gasteiger partial charge in [0.25, 0.3) is 0 Å². The molecule has 0 radical (unpaired) electrons. The first kappa shape index (κ1) is 12.4. The van der Waals surface area contributed by atoms with Gasteiger partial charge in [-0.3, -0.25) is 4.79 Å². The second-order valence-corrected chi connectivity index (χ2v) is 3.83. The molecule has 0 aliphatic heterocycles. The summed E-state index contributed by atoms with van der Waals surface area (Å²) in [6.07, 6.45) is 3.48. The fourth-order valence-corrected chi connectivity index (χ4v) is 1.69. The minimum atomic E-state index is -0.737. The van der Waals surface area contributed by atoms with Gasteiger partial charge < -0.3 is 10.8 Å². The summed E-state index contributed by atoms with van der Waals surface area (Å²) in [7, 11) is 0. The molecule has 0 saturated heterocycles. The van der Waals surface area contributed by atoms with Crippen LogP contribution in [0, 0.1) is 11.8 Å². The van der Waals surface area contributed by atoms with Crippen molar-refractivity contribution in [2.45, 2.75) is 39.5 Å². The normalized spacial score (nSPS) is 15.3. The molecular formula is C10H21NO2. The molecule has 0 aliphatic carbocycles. The van der Waals surface area contributed by atoms with Gasteiger partial charge in [0.05, 0.1) is 0 Å². The standard InChI is InChI=1S/C10H21NO2/c1-3-4-8(2)5-9(7-11)6-10(12)13/h8-9H,3-7,11H2,1-2H3,(H,12,13)/t8?,9-/m0/s1. The quantitative estimate of drug-likeness (QED) is 0.639. The molecule has 3 heteroatoms. The van der Waals surface area contributed by atoms with E-state index >= 15 is 0 Å². The molecule has 0 aromatic carbocycles. The first-order chi connectivity index (χ1) is 6.10. The lowest BCUT2D eigenvalue weighted by molar-refractivity contribution is -0.138. The topological polar surface area (TPSA) is 63.3 Å². The van der Waals surface area contributed by atoms with Crippen LogP contribution in [-0.2, 0) is 4.79 Å². The molecule has 0 fully saturated rings. The van der Waals surface area contributed by atoms with Crippen molar-refractivity contribution in [1.29, 1.82) is 0 Å². The Morgan fingerprint density at radius 3 is 2.54 bits per heavy atom. The van der Waals surface area contributed by atoms with E-state index in [-0.39, 0.29) is 12.3 Å². The highest BCUT2D eigenvalue weighted by molar-refractivity contribution is 5.67. The summed E-state index contributed by atoms with van der Waals surface area (Å²) in [4.78, 5) is 10.5. The van der Waals surface area contributed by atoms with Crippen LogP contribution in [0.1, 0.15) is 39.5 Å². The van der Waals surface area contributed by atoms with Gasteiger partial charge in [-0.25, -0.2) is 0 Å². The van der Waals surface area contributed by atoms with Gasteiger partial charge in [0.15, 0.2) is 0 Å². The van der Waals surface area contributed by atoms with Crippen molar-refractivity contribution in [3.8, 4) is 0 Å². The molecule has 3 N–H and O–H groups in total.